The third-order valence-electron chi connectivity index (χ3n) is 5.32. The first-order valence-corrected chi connectivity index (χ1v) is 10.8. The molecule has 0 radical (unpaired) electrons. The lowest BCUT2D eigenvalue weighted by molar-refractivity contribution is 0.247. The summed E-state index contributed by atoms with van der Waals surface area (Å²) in [6.45, 7) is 13.0. The van der Waals surface area contributed by atoms with Crippen molar-refractivity contribution in [3.8, 4) is 17.5 Å². The predicted molar refractivity (Wildman–Crippen MR) is 125 cm³/mol. The van der Waals surface area contributed by atoms with Crippen molar-refractivity contribution >= 4 is 33.6 Å². The molecule has 5 nitrogen and oxygen atoms in total. The summed E-state index contributed by atoms with van der Waals surface area (Å²) in [4.78, 5) is 0. The minimum Gasteiger partial charge on any atom is -0.495 e. The normalized spacial score (nSPS) is 16.6. The van der Waals surface area contributed by atoms with Gasteiger partial charge in [0.2, 0.25) is 0 Å². The van der Waals surface area contributed by atoms with Gasteiger partial charge in [-0.25, -0.2) is 0 Å². The molecule has 1 aromatic carbocycles. The number of aryl methyl sites for hydroxylation is 1. The summed E-state index contributed by atoms with van der Waals surface area (Å²) in [5.74, 6) is 2.06. The molecule has 0 saturated carbocycles. The van der Waals surface area contributed by atoms with Gasteiger partial charge in [0.15, 0.2) is 0 Å². The van der Waals surface area contributed by atoms with Gasteiger partial charge in [-0.1, -0.05) is 26.5 Å². The van der Waals surface area contributed by atoms with Crippen molar-refractivity contribution in [1.29, 1.82) is 5.26 Å². The van der Waals surface area contributed by atoms with Crippen molar-refractivity contribution in [2.75, 3.05) is 19.5 Å². The van der Waals surface area contributed by atoms with E-state index in [2.05, 4.69) is 48.5 Å². The summed E-state index contributed by atoms with van der Waals surface area (Å²) in [7, 11) is 1.64. The summed E-state index contributed by atoms with van der Waals surface area (Å²) < 4.78 is 14.6. The lowest BCUT2D eigenvalue weighted by Crippen LogP contribution is -2.35. The number of anilines is 1. The molecule has 0 aliphatic carbocycles. The third-order valence-corrected chi connectivity index (χ3v) is 5.91. The van der Waals surface area contributed by atoms with E-state index in [1.54, 1.807) is 7.11 Å². The third kappa shape index (κ3) is 3.63. The molecule has 158 valence electrons. The molecule has 2 heterocycles. The summed E-state index contributed by atoms with van der Waals surface area (Å²) in [5.41, 5.74) is 10.8. The van der Waals surface area contributed by atoms with Crippen LogP contribution in [0, 0.1) is 31.1 Å². The Hall–Kier alpha value is -2.65. The Balaban J connectivity index is 2.62. The molecule has 2 aromatic rings. The summed E-state index contributed by atoms with van der Waals surface area (Å²) >= 11 is 3.59. The van der Waals surface area contributed by atoms with Crippen LogP contribution in [0.5, 0.6) is 5.75 Å². The highest BCUT2D eigenvalue weighted by molar-refractivity contribution is 9.10. The summed E-state index contributed by atoms with van der Waals surface area (Å²) in [6.07, 6.45) is 3.85. The van der Waals surface area contributed by atoms with E-state index in [1.807, 2.05) is 24.5 Å². The van der Waals surface area contributed by atoms with Crippen molar-refractivity contribution in [3.05, 3.63) is 49.9 Å². The standard InChI is InChI=1S/C24H28BrN3O2/c1-13(2)10-17-18(12-26)24(27)28(21(17)22-14(3)8-7-9-30-22)20-15(4)11-19(25)23(29-6)16(20)5/h10-11,13H,3,7-9,27H2,1-2,4-6H3/b17-10-,22-21-. The second kappa shape index (κ2) is 8.61. The van der Waals surface area contributed by atoms with E-state index in [1.165, 1.54) is 0 Å². The van der Waals surface area contributed by atoms with Crippen LogP contribution >= 0.6 is 15.9 Å². The number of nitrogens with two attached hydrogens (primary N) is 1. The maximum absolute atomic E-state index is 9.98. The molecule has 0 unspecified atom stereocenters. The first-order chi connectivity index (χ1) is 14.2. The molecular formula is C24H28BrN3O2. The Morgan fingerprint density at radius 3 is 2.67 bits per heavy atom. The topological polar surface area (TPSA) is 73.2 Å². The molecule has 1 aromatic heterocycles. The fourth-order valence-electron chi connectivity index (χ4n) is 4.09. The second-order valence-corrected chi connectivity index (χ2v) is 8.80. The zero-order chi connectivity index (χ0) is 22.2. The highest BCUT2D eigenvalue weighted by Crippen LogP contribution is 2.36. The van der Waals surface area contributed by atoms with E-state index < -0.39 is 0 Å². The Kier molecular flexibility index (Phi) is 6.33. The Labute approximate surface area is 186 Å². The SMILES string of the molecule is C=C1CCCO/C1=c1/c(=C\C(C)C)c(C#N)c(N)n1-c1c(C)cc(Br)c(OC)c1C. The Morgan fingerprint density at radius 2 is 2.10 bits per heavy atom. The van der Waals surface area contributed by atoms with Crippen LogP contribution in [0.15, 0.2) is 22.7 Å². The minimum absolute atomic E-state index is 0.227. The van der Waals surface area contributed by atoms with Crippen LogP contribution in [0.4, 0.5) is 5.82 Å². The fraction of sp³-hybridized carbons (Fsp3) is 0.375. The predicted octanol–water partition coefficient (Wildman–Crippen LogP) is 4.23. The Bertz CT molecular complexity index is 1180. The van der Waals surface area contributed by atoms with Crippen LogP contribution < -0.4 is 21.0 Å². The molecule has 30 heavy (non-hydrogen) atoms. The van der Waals surface area contributed by atoms with E-state index in [0.29, 0.717) is 23.7 Å². The average Bonchev–Trinajstić information content (AvgIpc) is 2.93. The van der Waals surface area contributed by atoms with Crippen LogP contribution in [0.2, 0.25) is 0 Å². The minimum atomic E-state index is 0.227. The molecule has 1 aliphatic heterocycles. The van der Waals surface area contributed by atoms with Crippen molar-refractivity contribution in [2.45, 2.75) is 40.5 Å². The number of benzene rings is 1. The van der Waals surface area contributed by atoms with E-state index in [9.17, 15) is 5.26 Å². The summed E-state index contributed by atoms with van der Waals surface area (Å²) in [6, 6.07) is 4.32. The monoisotopic (exact) mass is 469 g/mol. The maximum Gasteiger partial charge on any atom is 0.146 e. The van der Waals surface area contributed by atoms with Crippen LogP contribution in [0.3, 0.4) is 0 Å². The average molecular weight is 470 g/mol. The van der Waals surface area contributed by atoms with E-state index in [4.69, 9.17) is 15.2 Å². The van der Waals surface area contributed by atoms with Gasteiger partial charge >= 0.3 is 0 Å². The maximum atomic E-state index is 9.98. The molecule has 0 bridgehead atoms. The smallest absolute Gasteiger partial charge is 0.146 e. The van der Waals surface area contributed by atoms with Crippen molar-refractivity contribution in [3.63, 3.8) is 0 Å². The number of ether oxygens (including phenoxy) is 2. The van der Waals surface area contributed by atoms with E-state index in [0.717, 1.165) is 56.0 Å². The van der Waals surface area contributed by atoms with Gasteiger partial charge in [-0.15, -0.1) is 0 Å². The van der Waals surface area contributed by atoms with Gasteiger partial charge in [-0.3, -0.25) is 4.57 Å². The molecule has 0 amide bonds. The Morgan fingerprint density at radius 1 is 1.40 bits per heavy atom. The molecule has 2 N–H and O–H groups in total. The van der Waals surface area contributed by atoms with Gasteiger partial charge in [0.05, 0.1) is 29.2 Å². The second-order valence-electron chi connectivity index (χ2n) is 7.95. The number of halogens is 1. The molecule has 1 saturated heterocycles. The van der Waals surface area contributed by atoms with Crippen LogP contribution in [0.25, 0.3) is 17.5 Å². The number of rotatable bonds is 3. The first kappa shape index (κ1) is 22.0. The molecule has 0 spiro atoms. The quantitative estimate of drug-likeness (QED) is 0.729. The largest absolute Gasteiger partial charge is 0.495 e. The van der Waals surface area contributed by atoms with Gasteiger partial charge in [-0.05, 0) is 65.7 Å². The lowest BCUT2D eigenvalue weighted by atomic mass is 10.0. The number of methoxy groups -OCH3 is 1. The zero-order valence-corrected chi connectivity index (χ0v) is 19.8. The summed E-state index contributed by atoms with van der Waals surface area (Å²) in [5, 5.41) is 11.6. The highest BCUT2D eigenvalue weighted by atomic mass is 79.9. The number of nitrogens with zero attached hydrogens (tertiary/aromatic N) is 2. The van der Waals surface area contributed by atoms with E-state index >= 15 is 0 Å². The lowest BCUT2D eigenvalue weighted by Gasteiger charge is -2.22. The number of aromatic nitrogens is 1. The van der Waals surface area contributed by atoms with Crippen LogP contribution in [0.1, 0.15) is 43.4 Å². The molecule has 1 aliphatic rings. The van der Waals surface area contributed by atoms with Crippen molar-refractivity contribution in [1.82, 2.24) is 4.57 Å². The molecule has 0 atom stereocenters. The number of nitrogen functional groups attached to an aromatic ring is 1. The van der Waals surface area contributed by atoms with Crippen LogP contribution in [-0.4, -0.2) is 18.3 Å². The van der Waals surface area contributed by atoms with Gasteiger partial charge < -0.3 is 15.2 Å². The van der Waals surface area contributed by atoms with Crippen molar-refractivity contribution in [2.24, 2.45) is 5.92 Å². The van der Waals surface area contributed by atoms with Gasteiger partial charge in [0.1, 0.15) is 29.0 Å². The van der Waals surface area contributed by atoms with Crippen molar-refractivity contribution < 1.29 is 9.47 Å². The fourth-order valence-corrected chi connectivity index (χ4v) is 4.89. The molecule has 6 heteroatoms. The highest BCUT2D eigenvalue weighted by Gasteiger charge is 2.24. The molecule has 1 fully saturated rings. The molecule has 3 rings (SSSR count). The number of hydrogen-bond acceptors (Lipinski definition) is 4. The van der Waals surface area contributed by atoms with E-state index in [-0.39, 0.29) is 5.92 Å². The van der Waals surface area contributed by atoms with Gasteiger partial charge in [0, 0.05) is 10.8 Å². The van der Waals surface area contributed by atoms with Gasteiger partial charge in [0.25, 0.3) is 0 Å². The number of nitriles is 1. The van der Waals surface area contributed by atoms with Crippen LogP contribution in [-0.2, 0) is 4.74 Å². The zero-order valence-electron chi connectivity index (χ0n) is 18.2. The van der Waals surface area contributed by atoms with Gasteiger partial charge in [-0.2, -0.15) is 5.26 Å². The molecular weight excluding hydrogens is 442 g/mol. The number of hydrogen-bond donors (Lipinski definition) is 1. The first-order valence-electron chi connectivity index (χ1n) is 10.0.